The van der Waals surface area contributed by atoms with E-state index in [0.717, 1.165) is 30.5 Å². The second-order valence-electron chi connectivity index (χ2n) is 5.93. The van der Waals surface area contributed by atoms with E-state index in [1.165, 1.54) is 12.1 Å². The van der Waals surface area contributed by atoms with Crippen LogP contribution in [0.1, 0.15) is 34.3 Å². The van der Waals surface area contributed by atoms with Gasteiger partial charge in [-0.3, -0.25) is 9.69 Å². The molecule has 5 heteroatoms. The smallest absolute Gasteiger partial charge is 0.248 e. The lowest BCUT2D eigenvalue weighted by molar-refractivity contribution is 0.100. The highest BCUT2D eigenvalue weighted by molar-refractivity contribution is 6.31. The van der Waals surface area contributed by atoms with Crippen LogP contribution in [0.25, 0.3) is 0 Å². The Hall–Kier alpha value is -1.91. The molecule has 0 radical (unpaired) electrons. The summed E-state index contributed by atoms with van der Waals surface area (Å²) in [6.45, 7) is 1.44. The van der Waals surface area contributed by atoms with E-state index in [0.29, 0.717) is 23.2 Å². The number of hydrogen-bond donors (Lipinski definition) is 1. The van der Waals surface area contributed by atoms with Crippen LogP contribution >= 0.6 is 11.6 Å². The molecule has 23 heavy (non-hydrogen) atoms. The predicted octanol–water partition coefficient (Wildman–Crippen LogP) is 3.74. The Kier molecular flexibility index (Phi) is 4.64. The van der Waals surface area contributed by atoms with Gasteiger partial charge in [-0.1, -0.05) is 29.8 Å². The first-order chi connectivity index (χ1) is 11.0. The van der Waals surface area contributed by atoms with E-state index in [1.54, 1.807) is 18.2 Å². The first kappa shape index (κ1) is 16.0. The molecule has 0 spiro atoms. The summed E-state index contributed by atoms with van der Waals surface area (Å²) in [6, 6.07) is 12.4. The van der Waals surface area contributed by atoms with Crippen LogP contribution in [0.3, 0.4) is 0 Å². The van der Waals surface area contributed by atoms with Crippen molar-refractivity contribution in [2.24, 2.45) is 5.73 Å². The number of carbonyl (C=O) groups excluding carboxylic acids is 1. The van der Waals surface area contributed by atoms with Crippen molar-refractivity contribution in [2.45, 2.75) is 32.0 Å². The highest BCUT2D eigenvalue weighted by Crippen LogP contribution is 2.31. The van der Waals surface area contributed by atoms with Gasteiger partial charge in [0.2, 0.25) is 5.91 Å². The minimum atomic E-state index is -0.423. The summed E-state index contributed by atoms with van der Waals surface area (Å²) in [5, 5.41) is 0.458. The van der Waals surface area contributed by atoms with E-state index < -0.39 is 5.91 Å². The molecule has 3 nitrogen and oxygen atoms in total. The zero-order valence-corrected chi connectivity index (χ0v) is 13.4. The van der Waals surface area contributed by atoms with E-state index in [2.05, 4.69) is 4.90 Å². The lowest BCUT2D eigenvalue weighted by Crippen LogP contribution is -2.25. The number of nitrogens with zero attached hydrogens (tertiary/aromatic N) is 1. The van der Waals surface area contributed by atoms with Gasteiger partial charge >= 0.3 is 0 Å². The molecule has 3 rings (SSSR count). The molecular weight excluding hydrogens is 315 g/mol. The molecule has 2 aromatic carbocycles. The third-order valence-electron chi connectivity index (χ3n) is 4.08. The molecule has 1 aliphatic rings. The molecule has 0 bridgehead atoms. The molecular formula is C18H18ClFN2O. The quantitative estimate of drug-likeness (QED) is 0.875. The highest BCUT2D eigenvalue weighted by Gasteiger charge is 2.29. The van der Waals surface area contributed by atoms with Crippen molar-refractivity contribution in [3.63, 3.8) is 0 Å². The van der Waals surface area contributed by atoms with Crippen molar-refractivity contribution in [1.82, 2.24) is 4.90 Å². The maximum Gasteiger partial charge on any atom is 0.248 e. The number of rotatable bonds is 6. The Morgan fingerprint density at radius 3 is 2.43 bits per heavy atom. The largest absolute Gasteiger partial charge is 0.366 e. The van der Waals surface area contributed by atoms with Gasteiger partial charge < -0.3 is 5.73 Å². The zero-order valence-electron chi connectivity index (χ0n) is 12.6. The average Bonchev–Trinajstić information content (AvgIpc) is 3.34. The Morgan fingerprint density at radius 2 is 1.87 bits per heavy atom. The fourth-order valence-corrected chi connectivity index (χ4v) is 2.86. The summed E-state index contributed by atoms with van der Waals surface area (Å²) < 4.78 is 13.2. The lowest BCUT2D eigenvalue weighted by Gasteiger charge is -2.23. The minimum absolute atomic E-state index is 0.321. The second kappa shape index (κ2) is 6.69. The van der Waals surface area contributed by atoms with Crippen LogP contribution in [-0.2, 0) is 13.1 Å². The van der Waals surface area contributed by atoms with Gasteiger partial charge in [-0.05, 0) is 48.2 Å². The highest BCUT2D eigenvalue weighted by atomic mass is 35.5. The number of nitrogens with two attached hydrogens (primary N) is 1. The van der Waals surface area contributed by atoms with Gasteiger partial charge in [-0.15, -0.1) is 0 Å². The molecule has 2 aromatic rings. The zero-order chi connectivity index (χ0) is 16.4. The van der Waals surface area contributed by atoms with E-state index in [4.69, 9.17) is 17.3 Å². The standard InChI is InChI=1S/C18H18ClFN2O/c19-17-9-15(20)6-5-14(17)11-22(16-7-8-16)10-12-1-3-13(4-2-12)18(21)23/h1-6,9,16H,7-8,10-11H2,(H2,21,23). The van der Waals surface area contributed by atoms with Crippen LogP contribution in [-0.4, -0.2) is 16.8 Å². The van der Waals surface area contributed by atoms with Gasteiger partial charge in [0.1, 0.15) is 5.82 Å². The van der Waals surface area contributed by atoms with Gasteiger partial charge in [-0.25, -0.2) is 4.39 Å². The molecule has 120 valence electrons. The van der Waals surface area contributed by atoms with Crippen molar-refractivity contribution < 1.29 is 9.18 Å². The molecule has 0 heterocycles. The average molecular weight is 333 g/mol. The molecule has 1 fully saturated rings. The monoisotopic (exact) mass is 332 g/mol. The summed E-state index contributed by atoms with van der Waals surface area (Å²) in [6.07, 6.45) is 2.33. The molecule has 0 unspecified atom stereocenters. The van der Waals surface area contributed by atoms with Crippen LogP contribution < -0.4 is 5.73 Å². The molecule has 1 amide bonds. The first-order valence-electron chi connectivity index (χ1n) is 7.59. The SMILES string of the molecule is NC(=O)c1ccc(CN(Cc2ccc(F)cc2Cl)C2CC2)cc1. The van der Waals surface area contributed by atoms with Crippen LogP contribution in [0.5, 0.6) is 0 Å². The summed E-state index contributed by atoms with van der Waals surface area (Å²) >= 11 is 6.14. The second-order valence-corrected chi connectivity index (χ2v) is 6.34. The van der Waals surface area contributed by atoms with Crippen molar-refractivity contribution in [2.75, 3.05) is 0 Å². The van der Waals surface area contributed by atoms with Crippen molar-refractivity contribution >= 4 is 17.5 Å². The number of carbonyl (C=O) groups is 1. The molecule has 0 saturated heterocycles. The van der Waals surface area contributed by atoms with Crippen LogP contribution in [0.4, 0.5) is 4.39 Å². The van der Waals surface area contributed by atoms with Gasteiger partial charge in [-0.2, -0.15) is 0 Å². The van der Waals surface area contributed by atoms with Gasteiger partial charge in [0.15, 0.2) is 0 Å². The van der Waals surface area contributed by atoms with E-state index in [-0.39, 0.29) is 5.82 Å². The molecule has 2 N–H and O–H groups in total. The molecule has 1 aliphatic carbocycles. The van der Waals surface area contributed by atoms with Gasteiger partial charge in [0.25, 0.3) is 0 Å². The number of primary amides is 1. The van der Waals surface area contributed by atoms with Crippen LogP contribution in [0.2, 0.25) is 5.02 Å². The summed E-state index contributed by atoms with van der Waals surface area (Å²) in [7, 11) is 0. The third-order valence-corrected chi connectivity index (χ3v) is 4.43. The fourth-order valence-electron chi connectivity index (χ4n) is 2.63. The molecule has 0 aromatic heterocycles. The van der Waals surface area contributed by atoms with Crippen LogP contribution in [0.15, 0.2) is 42.5 Å². The number of benzene rings is 2. The van der Waals surface area contributed by atoms with Crippen molar-refractivity contribution in [3.05, 3.63) is 70.0 Å². The third kappa shape index (κ3) is 4.09. The number of halogens is 2. The van der Waals surface area contributed by atoms with Crippen LogP contribution in [0, 0.1) is 5.82 Å². The summed E-state index contributed by atoms with van der Waals surface area (Å²) in [5.41, 5.74) is 7.80. The normalized spacial score (nSPS) is 14.2. The minimum Gasteiger partial charge on any atom is -0.366 e. The topological polar surface area (TPSA) is 46.3 Å². The maximum atomic E-state index is 13.2. The Morgan fingerprint density at radius 1 is 1.17 bits per heavy atom. The van der Waals surface area contributed by atoms with E-state index >= 15 is 0 Å². The van der Waals surface area contributed by atoms with Crippen molar-refractivity contribution in [1.29, 1.82) is 0 Å². The lowest BCUT2D eigenvalue weighted by atomic mass is 10.1. The Bertz CT molecular complexity index is 713. The maximum absolute atomic E-state index is 13.2. The molecule has 1 saturated carbocycles. The van der Waals surface area contributed by atoms with Crippen molar-refractivity contribution in [3.8, 4) is 0 Å². The number of amides is 1. The Labute approximate surface area is 139 Å². The van der Waals surface area contributed by atoms with E-state index in [9.17, 15) is 9.18 Å². The van der Waals surface area contributed by atoms with E-state index in [1.807, 2.05) is 12.1 Å². The first-order valence-corrected chi connectivity index (χ1v) is 7.97. The van der Waals surface area contributed by atoms with Gasteiger partial charge in [0, 0.05) is 29.7 Å². The predicted molar refractivity (Wildman–Crippen MR) is 88.6 cm³/mol. The molecule has 0 aliphatic heterocycles. The summed E-state index contributed by atoms with van der Waals surface area (Å²) in [5.74, 6) is -0.743. The molecule has 0 atom stereocenters. The summed E-state index contributed by atoms with van der Waals surface area (Å²) in [4.78, 5) is 13.5. The Balaban J connectivity index is 1.73. The van der Waals surface area contributed by atoms with Gasteiger partial charge in [0.05, 0.1) is 0 Å². The fraction of sp³-hybridized carbons (Fsp3) is 0.278. The number of hydrogen-bond acceptors (Lipinski definition) is 2.